The van der Waals surface area contributed by atoms with E-state index in [4.69, 9.17) is 4.74 Å². The van der Waals surface area contributed by atoms with Gasteiger partial charge in [-0.15, -0.1) is 0 Å². The molecule has 2 aliphatic carbocycles. The first-order valence-corrected chi connectivity index (χ1v) is 7.64. The fourth-order valence-electron chi connectivity index (χ4n) is 4.55. The van der Waals surface area contributed by atoms with Gasteiger partial charge in [-0.25, -0.2) is 0 Å². The van der Waals surface area contributed by atoms with Crippen molar-refractivity contribution < 1.29 is 9.53 Å². The Morgan fingerprint density at radius 1 is 1.25 bits per heavy atom. The third-order valence-electron chi connectivity index (χ3n) is 5.74. The summed E-state index contributed by atoms with van der Waals surface area (Å²) in [5.74, 6) is 1.49. The van der Waals surface area contributed by atoms with Gasteiger partial charge >= 0.3 is 0 Å². The van der Waals surface area contributed by atoms with E-state index in [-0.39, 0.29) is 10.8 Å². The van der Waals surface area contributed by atoms with Crippen molar-refractivity contribution in [3.8, 4) is 5.75 Å². The molecule has 3 rings (SSSR count). The van der Waals surface area contributed by atoms with E-state index in [0.717, 1.165) is 17.2 Å². The number of hydrogen-bond acceptors (Lipinski definition) is 2. The molecule has 0 aromatic heterocycles. The van der Waals surface area contributed by atoms with E-state index in [1.807, 2.05) is 6.92 Å². The number of aryl methyl sites for hydroxylation is 1. The van der Waals surface area contributed by atoms with Crippen molar-refractivity contribution in [3.63, 3.8) is 0 Å². The number of ether oxygens (including phenoxy) is 1. The van der Waals surface area contributed by atoms with Crippen LogP contribution >= 0.6 is 0 Å². The summed E-state index contributed by atoms with van der Waals surface area (Å²) >= 11 is 0. The highest BCUT2D eigenvalue weighted by molar-refractivity contribution is 5.54. The van der Waals surface area contributed by atoms with Crippen LogP contribution in [0.25, 0.3) is 0 Å². The van der Waals surface area contributed by atoms with Crippen molar-refractivity contribution in [1.29, 1.82) is 0 Å². The van der Waals surface area contributed by atoms with Gasteiger partial charge in [0.05, 0.1) is 0 Å². The lowest BCUT2D eigenvalue weighted by Gasteiger charge is -2.46. The number of fused-ring (bicyclic) bond motifs is 3. The highest BCUT2D eigenvalue weighted by Gasteiger charge is 2.49. The van der Waals surface area contributed by atoms with E-state index in [2.05, 4.69) is 32.9 Å². The minimum Gasteiger partial charge on any atom is -0.428 e. The summed E-state index contributed by atoms with van der Waals surface area (Å²) in [5.41, 5.74) is 4.41. The maximum atomic E-state index is 10.7. The fourth-order valence-corrected chi connectivity index (χ4v) is 4.55. The minimum absolute atomic E-state index is 0.217. The van der Waals surface area contributed by atoms with Gasteiger partial charge in [-0.05, 0) is 65.7 Å². The zero-order valence-electron chi connectivity index (χ0n) is 13.0. The zero-order valence-corrected chi connectivity index (χ0v) is 13.0. The highest BCUT2D eigenvalue weighted by Crippen LogP contribution is 2.57. The number of carbonyl (C=O) groups excluding carboxylic acids is 1. The Labute approximate surface area is 121 Å². The number of benzene rings is 1. The van der Waals surface area contributed by atoms with Crippen molar-refractivity contribution in [2.45, 2.75) is 64.2 Å². The van der Waals surface area contributed by atoms with Crippen LogP contribution in [0.15, 0.2) is 12.1 Å². The van der Waals surface area contributed by atoms with Crippen LogP contribution in [-0.4, -0.2) is 6.47 Å². The normalized spacial score (nSPS) is 30.5. The maximum absolute atomic E-state index is 10.7. The molecule has 0 bridgehead atoms. The summed E-state index contributed by atoms with van der Waals surface area (Å²) in [5, 5.41) is 0. The highest BCUT2D eigenvalue weighted by atomic mass is 16.5. The predicted octanol–water partition coefficient (Wildman–Crippen LogP) is 4.27. The SMILES string of the molecule is Cc1cc2c(cc1OC=O)C1(C)CCCC1CC2(C)C. The third-order valence-corrected chi connectivity index (χ3v) is 5.74. The first-order chi connectivity index (χ1) is 9.38. The van der Waals surface area contributed by atoms with Crippen LogP contribution in [-0.2, 0) is 15.6 Å². The molecule has 2 heteroatoms. The van der Waals surface area contributed by atoms with Crippen molar-refractivity contribution in [1.82, 2.24) is 0 Å². The molecule has 1 fully saturated rings. The standard InChI is InChI=1S/C18H24O2/c1-12-8-14-15(9-16(12)20-11-19)18(4)7-5-6-13(18)10-17(14,2)3/h8-9,11,13H,5-7,10H2,1-4H3. The van der Waals surface area contributed by atoms with Crippen LogP contribution in [0, 0.1) is 12.8 Å². The van der Waals surface area contributed by atoms with Crippen LogP contribution in [0.2, 0.25) is 0 Å². The molecule has 1 saturated carbocycles. The second-order valence-corrected chi connectivity index (χ2v) is 7.47. The van der Waals surface area contributed by atoms with Gasteiger partial charge in [-0.2, -0.15) is 0 Å². The molecule has 2 nitrogen and oxygen atoms in total. The summed E-state index contributed by atoms with van der Waals surface area (Å²) in [6, 6.07) is 4.38. The van der Waals surface area contributed by atoms with E-state index < -0.39 is 0 Å². The molecule has 0 amide bonds. The van der Waals surface area contributed by atoms with Gasteiger partial charge in [0.15, 0.2) is 0 Å². The van der Waals surface area contributed by atoms with Gasteiger partial charge in [0.25, 0.3) is 6.47 Å². The molecule has 0 heterocycles. The number of rotatable bonds is 2. The summed E-state index contributed by atoms with van der Waals surface area (Å²) in [6.45, 7) is 9.67. The van der Waals surface area contributed by atoms with E-state index in [9.17, 15) is 4.79 Å². The summed E-state index contributed by atoms with van der Waals surface area (Å²) in [4.78, 5) is 10.7. The Morgan fingerprint density at radius 3 is 2.70 bits per heavy atom. The van der Waals surface area contributed by atoms with E-state index in [0.29, 0.717) is 6.47 Å². The quantitative estimate of drug-likeness (QED) is 0.752. The Kier molecular flexibility index (Phi) is 2.97. The first kappa shape index (κ1) is 13.7. The lowest BCUT2D eigenvalue weighted by atomic mass is 9.58. The van der Waals surface area contributed by atoms with Crippen LogP contribution < -0.4 is 4.74 Å². The lowest BCUT2D eigenvalue weighted by Crippen LogP contribution is -2.40. The van der Waals surface area contributed by atoms with Gasteiger partial charge in [0.1, 0.15) is 5.75 Å². The molecule has 2 aliphatic rings. The topological polar surface area (TPSA) is 26.3 Å². The van der Waals surface area contributed by atoms with Crippen LogP contribution in [0.5, 0.6) is 5.75 Å². The molecule has 2 unspecified atom stereocenters. The number of carbonyl (C=O) groups is 1. The Hall–Kier alpha value is -1.31. The Balaban J connectivity index is 2.22. The smallest absolute Gasteiger partial charge is 0.298 e. The molecule has 2 atom stereocenters. The number of hydrogen-bond donors (Lipinski definition) is 0. The average Bonchev–Trinajstić information content (AvgIpc) is 2.73. The molecule has 108 valence electrons. The van der Waals surface area contributed by atoms with E-state index in [1.54, 1.807) is 0 Å². The van der Waals surface area contributed by atoms with Crippen molar-refractivity contribution in [2.24, 2.45) is 5.92 Å². The molecule has 0 N–H and O–H groups in total. The molecule has 0 saturated heterocycles. The second kappa shape index (κ2) is 4.34. The van der Waals surface area contributed by atoms with Crippen LogP contribution in [0.3, 0.4) is 0 Å². The molecule has 1 aromatic rings. The molecule has 0 spiro atoms. The van der Waals surface area contributed by atoms with Gasteiger partial charge in [-0.1, -0.05) is 33.3 Å². The second-order valence-electron chi connectivity index (χ2n) is 7.47. The summed E-state index contributed by atoms with van der Waals surface area (Å²) < 4.78 is 5.18. The monoisotopic (exact) mass is 272 g/mol. The Bertz CT molecular complexity index is 559. The molecule has 0 aliphatic heterocycles. The van der Waals surface area contributed by atoms with Crippen molar-refractivity contribution in [2.75, 3.05) is 0 Å². The van der Waals surface area contributed by atoms with E-state index >= 15 is 0 Å². The third kappa shape index (κ3) is 1.81. The largest absolute Gasteiger partial charge is 0.428 e. The van der Waals surface area contributed by atoms with Gasteiger partial charge < -0.3 is 4.74 Å². The molecular formula is C18H24O2. The fraction of sp³-hybridized carbons (Fsp3) is 0.611. The van der Waals surface area contributed by atoms with Crippen LogP contribution in [0.4, 0.5) is 0 Å². The zero-order chi connectivity index (χ0) is 14.5. The summed E-state index contributed by atoms with van der Waals surface area (Å²) in [7, 11) is 0. The average molecular weight is 272 g/mol. The van der Waals surface area contributed by atoms with Gasteiger partial charge in [0, 0.05) is 0 Å². The van der Waals surface area contributed by atoms with Crippen molar-refractivity contribution in [3.05, 3.63) is 28.8 Å². The van der Waals surface area contributed by atoms with Gasteiger partial charge in [-0.3, -0.25) is 4.79 Å². The molecule has 1 aromatic carbocycles. The van der Waals surface area contributed by atoms with Crippen molar-refractivity contribution >= 4 is 6.47 Å². The van der Waals surface area contributed by atoms with E-state index in [1.165, 1.54) is 36.8 Å². The Morgan fingerprint density at radius 2 is 2.00 bits per heavy atom. The maximum Gasteiger partial charge on any atom is 0.298 e. The molecule has 0 radical (unpaired) electrons. The molecular weight excluding hydrogens is 248 g/mol. The first-order valence-electron chi connectivity index (χ1n) is 7.64. The lowest BCUT2D eigenvalue weighted by molar-refractivity contribution is -0.120. The molecule has 20 heavy (non-hydrogen) atoms. The van der Waals surface area contributed by atoms with Gasteiger partial charge in [0.2, 0.25) is 0 Å². The predicted molar refractivity (Wildman–Crippen MR) is 80.2 cm³/mol. The summed E-state index contributed by atoms with van der Waals surface area (Å²) in [6.07, 6.45) is 5.17. The van der Waals surface area contributed by atoms with Crippen LogP contribution in [0.1, 0.15) is 63.1 Å². The minimum atomic E-state index is 0.217.